The monoisotopic (exact) mass is 434 g/mol. The highest BCUT2D eigenvalue weighted by atomic mass is 32.2. The third kappa shape index (κ3) is 5.22. The Hall–Kier alpha value is -2.78. The summed E-state index contributed by atoms with van der Waals surface area (Å²) in [5.74, 6) is -0.993. The van der Waals surface area contributed by atoms with E-state index in [1.165, 1.54) is 12.1 Å². The lowest BCUT2D eigenvalue weighted by atomic mass is 10.0. The molecule has 2 aromatic rings. The summed E-state index contributed by atoms with van der Waals surface area (Å²) in [7, 11) is -4.16. The fourth-order valence-corrected chi connectivity index (χ4v) is 4.80. The van der Waals surface area contributed by atoms with Crippen molar-refractivity contribution in [3.05, 3.63) is 69.8 Å². The summed E-state index contributed by atoms with van der Waals surface area (Å²) in [5, 5.41) is 10.9. The molecule has 0 fully saturated rings. The maximum atomic E-state index is 13.5. The van der Waals surface area contributed by atoms with Crippen LogP contribution in [0, 0.1) is 23.0 Å². The molecule has 0 N–H and O–H groups in total. The summed E-state index contributed by atoms with van der Waals surface area (Å²) in [6, 6.07) is 10.9. The lowest BCUT2D eigenvalue weighted by Crippen LogP contribution is -2.48. The number of nitro benzene ring substituents is 1. The summed E-state index contributed by atoms with van der Waals surface area (Å²) < 4.78 is 33.3. The molecule has 0 heterocycles. The van der Waals surface area contributed by atoms with E-state index in [1.54, 1.807) is 32.9 Å². The molecule has 30 heavy (non-hydrogen) atoms. The van der Waals surface area contributed by atoms with E-state index >= 15 is 0 Å². The van der Waals surface area contributed by atoms with Gasteiger partial charge in [-0.3, -0.25) is 14.9 Å². The van der Waals surface area contributed by atoms with Gasteiger partial charge >= 0.3 is 5.97 Å². The summed E-state index contributed by atoms with van der Waals surface area (Å²) in [6.07, 6.45) is 0. The van der Waals surface area contributed by atoms with Crippen LogP contribution >= 0.6 is 0 Å². The van der Waals surface area contributed by atoms with Crippen LogP contribution in [0.2, 0.25) is 0 Å². The number of non-ortho nitro benzene ring substituents is 1. The Balaban J connectivity index is 2.59. The minimum absolute atomic E-state index is 0.0341. The third-order valence-corrected chi connectivity index (χ3v) is 6.55. The Bertz CT molecular complexity index is 1000. The van der Waals surface area contributed by atoms with E-state index in [-0.39, 0.29) is 29.7 Å². The maximum Gasteiger partial charge on any atom is 0.324 e. The number of sulfonamides is 1. The van der Waals surface area contributed by atoms with Crippen molar-refractivity contribution in [1.82, 2.24) is 4.31 Å². The van der Waals surface area contributed by atoms with Crippen molar-refractivity contribution < 1.29 is 22.9 Å². The first-order chi connectivity index (χ1) is 14.1. The minimum Gasteiger partial charge on any atom is -0.465 e. The Morgan fingerprint density at radius 3 is 2.23 bits per heavy atom. The van der Waals surface area contributed by atoms with Crippen LogP contribution in [0.5, 0.6) is 0 Å². The number of ether oxygens (including phenoxy) is 1. The third-order valence-electron chi connectivity index (χ3n) is 4.71. The molecule has 0 amide bonds. The molecular formula is C21H26N2O6S. The number of benzene rings is 2. The predicted molar refractivity (Wildman–Crippen MR) is 112 cm³/mol. The fourth-order valence-electron chi connectivity index (χ4n) is 3.11. The number of carbonyl (C=O) groups excluding carboxylic acids is 1. The van der Waals surface area contributed by atoms with Crippen molar-refractivity contribution in [1.29, 1.82) is 0 Å². The molecule has 0 radical (unpaired) electrons. The van der Waals surface area contributed by atoms with Crippen molar-refractivity contribution in [2.45, 2.75) is 45.2 Å². The summed E-state index contributed by atoms with van der Waals surface area (Å²) >= 11 is 0. The topological polar surface area (TPSA) is 107 Å². The molecule has 2 rings (SSSR count). The second kappa shape index (κ2) is 9.82. The van der Waals surface area contributed by atoms with Crippen molar-refractivity contribution in [2.24, 2.45) is 5.92 Å². The zero-order valence-electron chi connectivity index (χ0n) is 17.4. The van der Waals surface area contributed by atoms with Crippen molar-refractivity contribution in [2.75, 3.05) is 6.61 Å². The van der Waals surface area contributed by atoms with Crippen molar-refractivity contribution >= 4 is 21.7 Å². The van der Waals surface area contributed by atoms with Gasteiger partial charge in [0, 0.05) is 18.7 Å². The van der Waals surface area contributed by atoms with Crippen molar-refractivity contribution in [3.8, 4) is 0 Å². The van der Waals surface area contributed by atoms with Crippen molar-refractivity contribution in [3.63, 3.8) is 0 Å². The van der Waals surface area contributed by atoms with E-state index in [1.807, 2.05) is 19.1 Å². The molecule has 0 aliphatic heterocycles. The number of carbonyl (C=O) groups is 1. The number of esters is 1. The number of rotatable bonds is 9. The van der Waals surface area contributed by atoms with Crippen LogP contribution in [0.3, 0.4) is 0 Å². The van der Waals surface area contributed by atoms with Crippen LogP contribution in [0.15, 0.2) is 53.4 Å². The highest BCUT2D eigenvalue weighted by molar-refractivity contribution is 7.89. The van der Waals surface area contributed by atoms with Gasteiger partial charge in [0.15, 0.2) is 0 Å². The van der Waals surface area contributed by atoms with Crippen LogP contribution in [-0.4, -0.2) is 36.3 Å². The molecule has 0 aromatic heterocycles. The first-order valence-corrected chi connectivity index (χ1v) is 11.0. The molecule has 0 aliphatic carbocycles. The zero-order chi connectivity index (χ0) is 22.5. The number of hydrogen-bond acceptors (Lipinski definition) is 6. The smallest absolute Gasteiger partial charge is 0.324 e. The summed E-state index contributed by atoms with van der Waals surface area (Å²) in [6.45, 7) is 7.10. The lowest BCUT2D eigenvalue weighted by molar-refractivity contribution is -0.384. The van der Waals surface area contributed by atoms with E-state index in [4.69, 9.17) is 4.74 Å². The Morgan fingerprint density at radius 2 is 1.73 bits per heavy atom. The molecule has 0 unspecified atom stereocenters. The predicted octanol–water partition coefficient (Wildman–Crippen LogP) is 3.68. The highest BCUT2D eigenvalue weighted by Gasteiger charge is 2.39. The second-order valence-electron chi connectivity index (χ2n) is 7.17. The SMILES string of the molecule is CCOC(=O)[C@H](C(C)C)N(Cc1ccccc1C)S(=O)(=O)c1ccc([N+](=O)[O-])cc1. The molecule has 0 saturated carbocycles. The lowest BCUT2D eigenvalue weighted by Gasteiger charge is -2.32. The highest BCUT2D eigenvalue weighted by Crippen LogP contribution is 2.27. The van der Waals surface area contributed by atoms with Gasteiger partial charge in [0.05, 0.1) is 16.4 Å². The van der Waals surface area contributed by atoms with Crippen LogP contribution in [0.25, 0.3) is 0 Å². The van der Waals surface area contributed by atoms with Gasteiger partial charge in [0.1, 0.15) is 6.04 Å². The van der Waals surface area contributed by atoms with E-state index < -0.39 is 27.0 Å². The minimum atomic E-state index is -4.16. The number of hydrogen-bond donors (Lipinski definition) is 0. The standard InChI is InChI=1S/C21H26N2O6S/c1-5-29-21(24)20(15(2)3)22(14-17-9-7-6-8-16(17)4)30(27,28)19-12-10-18(11-13-19)23(25)26/h6-13,15,20H,5,14H2,1-4H3/t20-/m0/s1. The van der Waals surface area contributed by atoms with Gasteiger partial charge in [-0.2, -0.15) is 4.31 Å². The van der Waals surface area contributed by atoms with E-state index in [0.717, 1.165) is 27.6 Å². The average molecular weight is 435 g/mol. The summed E-state index contributed by atoms with van der Waals surface area (Å²) in [5.41, 5.74) is 1.41. The summed E-state index contributed by atoms with van der Waals surface area (Å²) in [4.78, 5) is 22.9. The Kier molecular flexibility index (Phi) is 7.69. The quantitative estimate of drug-likeness (QED) is 0.338. The first kappa shape index (κ1) is 23.5. The van der Waals surface area contributed by atoms with Crippen LogP contribution in [-0.2, 0) is 26.1 Å². The van der Waals surface area contributed by atoms with Gasteiger partial charge in [-0.05, 0) is 43.0 Å². The first-order valence-electron chi connectivity index (χ1n) is 9.57. The Labute approximate surface area is 176 Å². The van der Waals surface area contributed by atoms with Gasteiger partial charge < -0.3 is 4.74 Å². The van der Waals surface area contributed by atoms with E-state index in [0.29, 0.717) is 0 Å². The molecule has 0 spiro atoms. The number of aryl methyl sites for hydroxylation is 1. The van der Waals surface area contributed by atoms with Gasteiger partial charge in [-0.15, -0.1) is 0 Å². The van der Waals surface area contributed by atoms with Gasteiger partial charge in [-0.25, -0.2) is 8.42 Å². The molecule has 1 atom stereocenters. The molecule has 162 valence electrons. The normalized spacial score (nSPS) is 12.7. The second-order valence-corrected chi connectivity index (χ2v) is 9.06. The maximum absolute atomic E-state index is 13.5. The van der Waals surface area contributed by atoms with Gasteiger partial charge in [0.2, 0.25) is 10.0 Å². The molecular weight excluding hydrogens is 408 g/mol. The van der Waals surface area contributed by atoms with E-state index in [2.05, 4.69) is 0 Å². The van der Waals surface area contributed by atoms with Crippen LogP contribution < -0.4 is 0 Å². The molecule has 8 nitrogen and oxygen atoms in total. The van der Waals surface area contributed by atoms with Gasteiger partial charge in [0.25, 0.3) is 5.69 Å². The Morgan fingerprint density at radius 1 is 1.13 bits per heavy atom. The average Bonchev–Trinajstić information content (AvgIpc) is 2.69. The largest absolute Gasteiger partial charge is 0.465 e. The van der Waals surface area contributed by atoms with Gasteiger partial charge in [-0.1, -0.05) is 38.1 Å². The number of nitrogens with zero attached hydrogens (tertiary/aromatic N) is 2. The number of nitro groups is 1. The van der Waals surface area contributed by atoms with Crippen LogP contribution in [0.1, 0.15) is 31.9 Å². The molecule has 9 heteroatoms. The molecule has 0 saturated heterocycles. The fraction of sp³-hybridized carbons (Fsp3) is 0.381. The molecule has 2 aromatic carbocycles. The molecule has 0 bridgehead atoms. The van der Waals surface area contributed by atoms with E-state index in [9.17, 15) is 23.3 Å². The zero-order valence-corrected chi connectivity index (χ0v) is 18.3. The van der Waals surface area contributed by atoms with Crippen LogP contribution in [0.4, 0.5) is 5.69 Å². The molecule has 0 aliphatic rings.